The van der Waals surface area contributed by atoms with Crippen molar-refractivity contribution < 1.29 is 4.79 Å². The second-order valence-corrected chi connectivity index (χ2v) is 4.86. The molecule has 2 atom stereocenters. The van der Waals surface area contributed by atoms with Crippen LogP contribution in [0.2, 0.25) is 0 Å². The topological polar surface area (TPSA) is 20.3 Å². The van der Waals surface area contributed by atoms with Crippen LogP contribution >= 0.6 is 0 Å². The van der Waals surface area contributed by atoms with E-state index in [1.165, 1.54) is 19.3 Å². The first-order chi connectivity index (χ1) is 7.15. The summed E-state index contributed by atoms with van der Waals surface area (Å²) >= 11 is 0. The Kier molecular flexibility index (Phi) is 5.30. The molecular weight excluding hydrogens is 186 g/mol. The Balaban J connectivity index is 2.26. The van der Waals surface area contributed by atoms with Gasteiger partial charge in [0.2, 0.25) is 0 Å². The quantitative estimate of drug-likeness (QED) is 0.696. The number of piperidine rings is 1. The Labute approximate surface area is 94.0 Å². The van der Waals surface area contributed by atoms with E-state index >= 15 is 0 Å². The molecule has 2 heteroatoms. The number of likely N-dealkylation sites (tertiary alicyclic amines) is 1. The number of hydrogen-bond donors (Lipinski definition) is 0. The predicted octanol–water partition coefficient (Wildman–Crippen LogP) is 3.01. The molecule has 0 aromatic carbocycles. The molecular formula is C13H25NO. The van der Waals surface area contributed by atoms with Gasteiger partial charge in [0.25, 0.3) is 0 Å². The third-order valence-electron chi connectivity index (χ3n) is 3.64. The minimum absolute atomic E-state index is 0.410. The molecule has 1 aliphatic rings. The van der Waals surface area contributed by atoms with Gasteiger partial charge in [0.1, 0.15) is 5.78 Å². The number of Topliss-reactive ketones (excluding diaryl/α,β-unsaturated/α-hetero) is 1. The molecule has 0 N–H and O–H groups in total. The number of hydrogen-bond acceptors (Lipinski definition) is 2. The summed E-state index contributed by atoms with van der Waals surface area (Å²) in [5.74, 6) is 0.410. The second-order valence-electron chi connectivity index (χ2n) is 4.86. The van der Waals surface area contributed by atoms with Crippen molar-refractivity contribution >= 4 is 5.78 Å². The van der Waals surface area contributed by atoms with Crippen LogP contribution in [-0.2, 0) is 4.79 Å². The maximum absolute atomic E-state index is 11.2. The fourth-order valence-corrected chi connectivity index (χ4v) is 2.55. The van der Waals surface area contributed by atoms with Crippen molar-refractivity contribution in [1.82, 2.24) is 4.90 Å². The molecule has 88 valence electrons. The van der Waals surface area contributed by atoms with Crippen LogP contribution in [0.1, 0.15) is 59.3 Å². The standard InChI is InChI=1S/C13H25NO/c1-4-13(15)9-6-10-14-11(2)7-5-8-12(14)3/h11-12H,4-10H2,1-3H3. The van der Waals surface area contributed by atoms with Crippen LogP contribution in [-0.4, -0.2) is 29.3 Å². The first-order valence-corrected chi connectivity index (χ1v) is 6.42. The molecule has 0 radical (unpaired) electrons. The van der Waals surface area contributed by atoms with Gasteiger partial charge in [-0.3, -0.25) is 9.69 Å². The van der Waals surface area contributed by atoms with Crippen molar-refractivity contribution in [3.8, 4) is 0 Å². The Morgan fingerprint density at radius 1 is 1.27 bits per heavy atom. The van der Waals surface area contributed by atoms with Crippen molar-refractivity contribution in [2.75, 3.05) is 6.54 Å². The van der Waals surface area contributed by atoms with Crippen molar-refractivity contribution in [1.29, 1.82) is 0 Å². The first-order valence-electron chi connectivity index (χ1n) is 6.42. The van der Waals surface area contributed by atoms with Crippen molar-refractivity contribution in [2.45, 2.75) is 71.4 Å². The molecule has 1 heterocycles. The van der Waals surface area contributed by atoms with Crippen LogP contribution in [0.5, 0.6) is 0 Å². The van der Waals surface area contributed by atoms with Gasteiger partial charge in [0.05, 0.1) is 0 Å². The molecule has 1 rings (SSSR count). The molecule has 0 spiro atoms. The van der Waals surface area contributed by atoms with E-state index in [1.807, 2.05) is 6.92 Å². The summed E-state index contributed by atoms with van der Waals surface area (Å²) in [4.78, 5) is 13.8. The van der Waals surface area contributed by atoms with E-state index in [1.54, 1.807) is 0 Å². The summed E-state index contributed by atoms with van der Waals surface area (Å²) < 4.78 is 0. The molecule has 2 nitrogen and oxygen atoms in total. The lowest BCUT2D eigenvalue weighted by molar-refractivity contribution is -0.119. The maximum atomic E-state index is 11.2. The largest absolute Gasteiger partial charge is 0.300 e. The zero-order valence-corrected chi connectivity index (χ0v) is 10.5. The summed E-state index contributed by atoms with van der Waals surface area (Å²) in [7, 11) is 0. The molecule has 0 aliphatic carbocycles. The molecule has 1 aliphatic heterocycles. The third kappa shape index (κ3) is 3.94. The summed E-state index contributed by atoms with van der Waals surface area (Å²) in [6.07, 6.45) is 6.53. The van der Waals surface area contributed by atoms with Gasteiger partial charge < -0.3 is 0 Å². The highest BCUT2D eigenvalue weighted by atomic mass is 16.1. The van der Waals surface area contributed by atoms with Gasteiger partial charge in [-0.1, -0.05) is 13.3 Å². The number of nitrogens with zero attached hydrogens (tertiary/aromatic N) is 1. The van der Waals surface area contributed by atoms with Gasteiger partial charge in [0.15, 0.2) is 0 Å². The van der Waals surface area contributed by atoms with Gasteiger partial charge in [-0.05, 0) is 39.7 Å². The zero-order chi connectivity index (χ0) is 11.3. The lowest BCUT2D eigenvalue weighted by Crippen LogP contribution is -2.44. The van der Waals surface area contributed by atoms with Crippen LogP contribution in [0.25, 0.3) is 0 Å². The van der Waals surface area contributed by atoms with Crippen LogP contribution in [0.15, 0.2) is 0 Å². The summed E-state index contributed by atoms with van der Waals surface area (Å²) in [6.45, 7) is 7.69. The first kappa shape index (κ1) is 12.7. The molecule has 0 amide bonds. The molecule has 0 bridgehead atoms. The van der Waals surface area contributed by atoms with Crippen LogP contribution in [0, 0.1) is 0 Å². The highest BCUT2D eigenvalue weighted by Crippen LogP contribution is 2.22. The van der Waals surface area contributed by atoms with Gasteiger partial charge >= 0.3 is 0 Å². The van der Waals surface area contributed by atoms with E-state index in [0.717, 1.165) is 19.4 Å². The Morgan fingerprint density at radius 2 is 1.87 bits per heavy atom. The van der Waals surface area contributed by atoms with Crippen LogP contribution < -0.4 is 0 Å². The second kappa shape index (κ2) is 6.26. The fraction of sp³-hybridized carbons (Fsp3) is 0.923. The normalized spacial score (nSPS) is 27.9. The minimum atomic E-state index is 0.410. The lowest BCUT2D eigenvalue weighted by atomic mass is 9.97. The summed E-state index contributed by atoms with van der Waals surface area (Å²) in [5.41, 5.74) is 0. The minimum Gasteiger partial charge on any atom is -0.300 e. The number of rotatable bonds is 5. The SMILES string of the molecule is CCC(=O)CCCN1C(C)CCCC1C. The van der Waals surface area contributed by atoms with Crippen molar-refractivity contribution in [3.05, 3.63) is 0 Å². The van der Waals surface area contributed by atoms with Gasteiger partial charge in [-0.15, -0.1) is 0 Å². The smallest absolute Gasteiger partial charge is 0.132 e. The monoisotopic (exact) mass is 211 g/mol. The van der Waals surface area contributed by atoms with E-state index in [4.69, 9.17) is 0 Å². The fourth-order valence-electron chi connectivity index (χ4n) is 2.55. The lowest BCUT2D eigenvalue weighted by Gasteiger charge is -2.39. The Hall–Kier alpha value is -0.370. The number of ketones is 1. The predicted molar refractivity (Wildman–Crippen MR) is 64.0 cm³/mol. The van der Waals surface area contributed by atoms with Gasteiger partial charge in [-0.25, -0.2) is 0 Å². The highest BCUT2D eigenvalue weighted by Gasteiger charge is 2.23. The maximum Gasteiger partial charge on any atom is 0.132 e. The van der Waals surface area contributed by atoms with Crippen LogP contribution in [0.3, 0.4) is 0 Å². The third-order valence-corrected chi connectivity index (χ3v) is 3.64. The molecule has 15 heavy (non-hydrogen) atoms. The molecule has 1 saturated heterocycles. The molecule has 0 aromatic heterocycles. The van der Waals surface area contributed by atoms with E-state index in [9.17, 15) is 4.79 Å². The Bertz CT molecular complexity index is 193. The zero-order valence-electron chi connectivity index (χ0n) is 10.5. The average Bonchev–Trinajstić information content (AvgIpc) is 2.22. The van der Waals surface area contributed by atoms with E-state index in [2.05, 4.69) is 18.7 Å². The van der Waals surface area contributed by atoms with E-state index < -0.39 is 0 Å². The van der Waals surface area contributed by atoms with Gasteiger partial charge in [0, 0.05) is 24.9 Å². The molecule has 2 unspecified atom stereocenters. The number of carbonyl (C=O) groups is 1. The summed E-state index contributed by atoms with van der Waals surface area (Å²) in [5, 5.41) is 0. The van der Waals surface area contributed by atoms with E-state index in [-0.39, 0.29) is 0 Å². The van der Waals surface area contributed by atoms with Crippen LogP contribution in [0.4, 0.5) is 0 Å². The Morgan fingerprint density at radius 3 is 2.40 bits per heavy atom. The molecule has 1 fully saturated rings. The van der Waals surface area contributed by atoms with E-state index in [0.29, 0.717) is 24.3 Å². The summed E-state index contributed by atoms with van der Waals surface area (Å²) in [6, 6.07) is 1.43. The average molecular weight is 211 g/mol. The van der Waals surface area contributed by atoms with Crippen molar-refractivity contribution in [3.63, 3.8) is 0 Å². The highest BCUT2D eigenvalue weighted by molar-refractivity contribution is 5.77. The number of carbonyl (C=O) groups excluding carboxylic acids is 1. The van der Waals surface area contributed by atoms with Crippen molar-refractivity contribution in [2.24, 2.45) is 0 Å². The van der Waals surface area contributed by atoms with Gasteiger partial charge in [-0.2, -0.15) is 0 Å². The molecule has 0 saturated carbocycles. The molecule has 0 aromatic rings.